The van der Waals surface area contributed by atoms with Crippen molar-refractivity contribution >= 4 is 17.6 Å². The van der Waals surface area contributed by atoms with E-state index in [0.29, 0.717) is 32.0 Å². The lowest BCUT2D eigenvalue weighted by atomic mass is 9.91. The van der Waals surface area contributed by atoms with Crippen LogP contribution in [0.4, 0.5) is 10.5 Å². The van der Waals surface area contributed by atoms with Crippen LogP contribution in [0.25, 0.3) is 0 Å². The molecular formula is C23H29N3O4. The molecule has 0 aliphatic carbocycles. The first-order valence-corrected chi connectivity index (χ1v) is 10.4. The van der Waals surface area contributed by atoms with Gasteiger partial charge in [-0.15, -0.1) is 0 Å². The number of ether oxygens (including phenoxy) is 1. The van der Waals surface area contributed by atoms with E-state index in [9.17, 15) is 9.59 Å². The summed E-state index contributed by atoms with van der Waals surface area (Å²) in [6.07, 6.45) is 3.89. The van der Waals surface area contributed by atoms with Crippen molar-refractivity contribution in [3.8, 4) is 5.75 Å². The average molecular weight is 412 g/mol. The number of likely N-dealkylation sites (tertiary alicyclic amines) is 1. The van der Waals surface area contributed by atoms with Crippen molar-refractivity contribution in [2.24, 2.45) is 5.92 Å². The van der Waals surface area contributed by atoms with Crippen molar-refractivity contribution in [3.63, 3.8) is 0 Å². The van der Waals surface area contributed by atoms with Gasteiger partial charge in [-0.3, -0.25) is 10.0 Å². The van der Waals surface area contributed by atoms with Gasteiger partial charge in [0.2, 0.25) is 5.91 Å². The standard InChI is InChI=1S/C23H29N3O4/c27-22(25-29)8-4-7-18-13-15-26(16-14-18)23(28)24-20-9-11-21(12-10-20)30-17-19-5-2-1-3-6-19/h1-3,5-6,9-12,18,29H,4,7-8,13-17H2,(H,24,28)(H,25,27). The molecule has 30 heavy (non-hydrogen) atoms. The van der Waals surface area contributed by atoms with Crippen molar-refractivity contribution < 1.29 is 19.5 Å². The maximum absolute atomic E-state index is 12.5. The molecule has 0 unspecified atom stereocenters. The van der Waals surface area contributed by atoms with Crippen LogP contribution in [0.2, 0.25) is 0 Å². The number of carbonyl (C=O) groups is 2. The predicted molar refractivity (Wildman–Crippen MR) is 114 cm³/mol. The molecule has 7 nitrogen and oxygen atoms in total. The monoisotopic (exact) mass is 411 g/mol. The van der Waals surface area contributed by atoms with Crippen LogP contribution >= 0.6 is 0 Å². The molecule has 2 aromatic rings. The van der Waals surface area contributed by atoms with E-state index in [0.717, 1.165) is 42.7 Å². The maximum atomic E-state index is 12.5. The summed E-state index contributed by atoms with van der Waals surface area (Å²) < 4.78 is 5.77. The van der Waals surface area contributed by atoms with Gasteiger partial charge in [0.05, 0.1) is 0 Å². The number of amides is 3. The number of nitrogens with one attached hydrogen (secondary N) is 2. The van der Waals surface area contributed by atoms with E-state index in [4.69, 9.17) is 9.94 Å². The number of hydroxylamine groups is 1. The van der Waals surface area contributed by atoms with E-state index in [-0.39, 0.29) is 11.9 Å². The molecule has 3 N–H and O–H groups in total. The van der Waals surface area contributed by atoms with Crippen molar-refractivity contribution in [3.05, 3.63) is 60.2 Å². The Labute approximate surface area is 177 Å². The summed E-state index contributed by atoms with van der Waals surface area (Å²) in [4.78, 5) is 25.4. The molecule has 0 bridgehead atoms. The third-order valence-electron chi connectivity index (χ3n) is 5.40. The Hall–Kier alpha value is -3.06. The summed E-state index contributed by atoms with van der Waals surface area (Å²) in [6, 6.07) is 17.3. The van der Waals surface area contributed by atoms with Crippen molar-refractivity contribution in [2.45, 2.75) is 38.7 Å². The van der Waals surface area contributed by atoms with Gasteiger partial charge >= 0.3 is 6.03 Å². The van der Waals surface area contributed by atoms with Gasteiger partial charge in [-0.2, -0.15) is 0 Å². The maximum Gasteiger partial charge on any atom is 0.321 e. The number of urea groups is 1. The Kier molecular flexibility index (Phi) is 8.09. The van der Waals surface area contributed by atoms with Crippen molar-refractivity contribution in [1.82, 2.24) is 10.4 Å². The number of anilines is 1. The van der Waals surface area contributed by atoms with Crippen molar-refractivity contribution in [1.29, 1.82) is 0 Å². The lowest BCUT2D eigenvalue weighted by Crippen LogP contribution is -2.41. The van der Waals surface area contributed by atoms with Crippen LogP contribution in [-0.4, -0.2) is 35.1 Å². The minimum atomic E-state index is -0.344. The lowest BCUT2D eigenvalue weighted by Gasteiger charge is -2.32. The zero-order valence-electron chi connectivity index (χ0n) is 17.0. The third kappa shape index (κ3) is 6.77. The molecule has 1 fully saturated rings. The van der Waals surface area contributed by atoms with Gasteiger partial charge in [0.25, 0.3) is 0 Å². The fourth-order valence-corrected chi connectivity index (χ4v) is 3.61. The Balaban J connectivity index is 1.38. The van der Waals surface area contributed by atoms with Crippen LogP contribution < -0.4 is 15.5 Å². The highest BCUT2D eigenvalue weighted by Crippen LogP contribution is 2.23. The molecule has 1 aliphatic heterocycles. The van der Waals surface area contributed by atoms with Crippen molar-refractivity contribution in [2.75, 3.05) is 18.4 Å². The highest BCUT2D eigenvalue weighted by Gasteiger charge is 2.22. The first-order chi connectivity index (χ1) is 14.6. The Morgan fingerprint density at radius 3 is 2.40 bits per heavy atom. The summed E-state index contributed by atoms with van der Waals surface area (Å²) in [5.41, 5.74) is 3.50. The Morgan fingerprint density at radius 1 is 1.03 bits per heavy atom. The second-order valence-electron chi connectivity index (χ2n) is 7.59. The molecule has 160 valence electrons. The van der Waals surface area contributed by atoms with E-state index in [2.05, 4.69) is 5.32 Å². The molecule has 1 heterocycles. The summed E-state index contributed by atoms with van der Waals surface area (Å²) >= 11 is 0. The largest absolute Gasteiger partial charge is 0.489 e. The molecule has 1 aliphatic rings. The van der Waals surface area contributed by atoms with E-state index in [1.165, 1.54) is 0 Å². The van der Waals surface area contributed by atoms with Gasteiger partial charge in [-0.05, 0) is 61.4 Å². The Morgan fingerprint density at radius 2 is 1.73 bits per heavy atom. The number of carbonyl (C=O) groups excluding carboxylic acids is 2. The van der Waals surface area contributed by atoms with E-state index < -0.39 is 0 Å². The fourth-order valence-electron chi connectivity index (χ4n) is 3.61. The predicted octanol–water partition coefficient (Wildman–Crippen LogP) is 4.19. The van der Waals surface area contributed by atoms with E-state index in [1.54, 1.807) is 5.48 Å². The zero-order chi connectivity index (χ0) is 21.2. The van der Waals surface area contributed by atoms with Crippen LogP contribution in [0.5, 0.6) is 5.75 Å². The van der Waals surface area contributed by atoms with Crippen LogP contribution in [0.15, 0.2) is 54.6 Å². The lowest BCUT2D eigenvalue weighted by molar-refractivity contribution is -0.129. The van der Waals surface area contributed by atoms with Gasteiger partial charge < -0.3 is 15.0 Å². The normalized spacial score (nSPS) is 14.2. The molecule has 0 spiro atoms. The average Bonchev–Trinajstić information content (AvgIpc) is 2.79. The van der Waals surface area contributed by atoms with Gasteiger partial charge in [0, 0.05) is 25.2 Å². The highest BCUT2D eigenvalue weighted by molar-refractivity contribution is 5.89. The molecule has 0 aromatic heterocycles. The number of rotatable bonds is 8. The number of nitrogens with zero attached hydrogens (tertiary/aromatic N) is 1. The summed E-state index contributed by atoms with van der Waals surface area (Å²) in [6.45, 7) is 1.92. The van der Waals surface area contributed by atoms with Gasteiger partial charge in [-0.1, -0.05) is 30.3 Å². The smallest absolute Gasteiger partial charge is 0.321 e. The zero-order valence-corrected chi connectivity index (χ0v) is 17.0. The van der Waals surface area contributed by atoms with Gasteiger partial charge in [0.15, 0.2) is 0 Å². The molecule has 0 atom stereocenters. The highest BCUT2D eigenvalue weighted by atomic mass is 16.5. The summed E-state index contributed by atoms with van der Waals surface area (Å²) in [7, 11) is 0. The van der Waals surface area contributed by atoms with Crippen LogP contribution in [0.3, 0.4) is 0 Å². The number of benzene rings is 2. The Bertz CT molecular complexity index is 803. The minimum absolute atomic E-state index is 0.0916. The fraction of sp³-hybridized carbons (Fsp3) is 0.391. The number of piperidine rings is 1. The topological polar surface area (TPSA) is 90.9 Å². The van der Waals surface area contributed by atoms with E-state index in [1.807, 2.05) is 59.5 Å². The molecule has 3 rings (SSSR count). The third-order valence-corrected chi connectivity index (χ3v) is 5.40. The second kappa shape index (κ2) is 11.2. The summed E-state index contributed by atoms with van der Waals surface area (Å²) in [5.74, 6) is 0.928. The quantitative estimate of drug-likeness (QED) is 0.449. The number of hydrogen-bond acceptors (Lipinski definition) is 4. The molecular weight excluding hydrogens is 382 g/mol. The van der Waals surface area contributed by atoms with Gasteiger partial charge in [-0.25, -0.2) is 10.3 Å². The first kappa shape index (κ1) is 21.6. The summed E-state index contributed by atoms with van der Waals surface area (Å²) in [5, 5.41) is 11.5. The molecule has 0 radical (unpaired) electrons. The van der Waals surface area contributed by atoms with E-state index >= 15 is 0 Å². The van der Waals surface area contributed by atoms with Crippen LogP contribution in [0.1, 0.15) is 37.7 Å². The van der Waals surface area contributed by atoms with Gasteiger partial charge in [0.1, 0.15) is 12.4 Å². The second-order valence-corrected chi connectivity index (χ2v) is 7.59. The SMILES string of the molecule is O=C(CCCC1CCN(C(=O)Nc2ccc(OCc3ccccc3)cc2)CC1)NO. The van der Waals surface area contributed by atoms with Crippen LogP contribution in [-0.2, 0) is 11.4 Å². The van der Waals surface area contributed by atoms with Crippen LogP contribution in [0, 0.1) is 5.92 Å². The minimum Gasteiger partial charge on any atom is -0.489 e. The first-order valence-electron chi connectivity index (χ1n) is 10.4. The molecule has 7 heteroatoms. The molecule has 1 saturated heterocycles. The number of hydrogen-bond donors (Lipinski definition) is 3. The molecule has 3 amide bonds. The molecule has 0 saturated carbocycles. The molecule has 2 aromatic carbocycles.